The molecular weight excluding hydrogens is 318 g/mol. The second kappa shape index (κ2) is 7.12. The van der Waals surface area contributed by atoms with Crippen molar-refractivity contribution in [3.63, 3.8) is 0 Å². The minimum Gasteiger partial charge on any atom is -0.481 e. The highest BCUT2D eigenvalue weighted by Crippen LogP contribution is 2.32. The summed E-state index contributed by atoms with van der Waals surface area (Å²) in [5.41, 5.74) is 0.867. The zero-order valence-corrected chi connectivity index (χ0v) is 12.8. The minimum atomic E-state index is -0.814. The maximum atomic E-state index is 11.0. The Morgan fingerprint density at radius 2 is 2.06 bits per heavy atom. The zero-order chi connectivity index (χ0) is 13.7. The van der Waals surface area contributed by atoms with Gasteiger partial charge in [-0.3, -0.25) is 9.69 Å². The van der Waals surface area contributed by atoms with Gasteiger partial charge in [0.15, 0.2) is 0 Å². The van der Waals surface area contributed by atoms with Gasteiger partial charge in [-0.05, 0) is 30.8 Å². The zero-order valence-electron chi connectivity index (χ0n) is 10.5. The van der Waals surface area contributed by atoms with E-state index in [-0.39, 0.29) is 12.5 Å². The van der Waals surface area contributed by atoms with E-state index in [2.05, 4.69) is 20.8 Å². The average molecular weight is 335 g/mol. The molecule has 0 fully saturated rings. The van der Waals surface area contributed by atoms with E-state index in [4.69, 9.17) is 16.7 Å². The summed E-state index contributed by atoms with van der Waals surface area (Å²) in [6.45, 7) is 5.62. The lowest BCUT2D eigenvalue weighted by atomic mass is 10.0. The number of rotatable bonds is 6. The van der Waals surface area contributed by atoms with Gasteiger partial charge in [-0.25, -0.2) is 0 Å². The molecule has 0 saturated heterocycles. The van der Waals surface area contributed by atoms with Gasteiger partial charge in [-0.15, -0.1) is 0 Å². The smallest absolute Gasteiger partial charge is 0.305 e. The number of nitrogens with zero attached hydrogens (tertiary/aromatic N) is 1. The average Bonchev–Trinajstić information content (AvgIpc) is 2.29. The Labute approximate surface area is 121 Å². The van der Waals surface area contributed by atoms with E-state index in [1.165, 1.54) is 0 Å². The molecule has 1 N–H and O–H groups in total. The van der Waals surface area contributed by atoms with Crippen LogP contribution in [-0.2, 0) is 4.79 Å². The summed E-state index contributed by atoms with van der Waals surface area (Å²) in [6, 6.07) is 5.39. The Morgan fingerprint density at radius 1 is 1.44 bits per heavy atom. The molecule has 0 bridgehead atoms. The van der Waals surface area contributed by atoms with Crippen LogP contribution in [0.4, 0.5) is 0 Å². The third kappa shape index (κ3) is 3.97. The first-order chi connectivity index (χ1) is 8.49. The number of aliphatic carboxylic acids is 1. The molecular formula is C13H17BrClNO2. The van der Waals surface area contributed by atoms with Crippen LogP contribution in [0, 0.1) is 0 Å². The van der Waals surface area contributed by atoms with Crippen LogP contribution < -0.4 is 0 Å². The molecule has 1 aromatic rings. The first kappa shape index (κ1) is 15.5. The first-order valence-corrected chi connectivity index (χ1v) is 7.07. The maximum absolute atomic E-state index is 11.0. The van der Waals surface area contributed by atoms with E-state index >= 15 is 0 Å². The Hall–Kier alpha value is -0.580. The summed E-state index contributed by atoms with van der Waals surface area (Å²) in [7, 11) is 0. The fourth-order valence-electron chi connectivity index (χ4n) is 2.04. The van der Waals surface area contributed by atoms with Crippen LogP contribution in [0.1, 0.15) is 31.9 Å². The monoisotopic (exact) mass is 333 g/mol. The van der Waals surface area contributed by atoms with E-state index in [9.17, 15) is 4.79 Å². The van der Waals surface area contributed by atoms with Gasteiger partial charge in [0.05, 0.1) is 6.42 Å². The molecule has 100 valence electrons. The van der Waals surface area contributed by atoms with Crippen molar-refractivity contribution < 1.29 is 9.90 Å². The van der Waals surface area contributed by atoms with Gasteiger partial charge in [-0.2, -0.15) is 0 Å². The molecule has 0 aromatic heterocycles. The summed E-state index contributed by atoms with van der Waals surface area (Å²) < 4.78 is 0.893. The van der Waals surface area contributed by atoms with Crippen LogP contribution in [0.5, 0.6) is 0 Å². The largest absolute Gasteiger partial charge is 0.481 e. The van der Waals surface area contributed by atoms with E-state index in [0.29, 0.717) is 5.02 Å². The van der Waals surface area contributed by atoms with E-state index in [1.807, 2.05) is 26.0 Å². The lowest BCUT2D eigenvalue weighted by Gasteiger charge is -2.29. The molecule has 1 rings (SSSR count). The molecule has 0 aliphatic carbocycles. The first-order valence-electron chi connectivity index (χ1n) is 5.90. The normalized spacial score (nSPS) is 12.7. The maximum Gasteiger partial charge on any atom is 0.305 e. The fraction of sp³-hybridized carbons (Fsp3) is 0.462. The van der Waals surface area contributed by atoms with Gasteiger partial charge < -0.3 is 5.11 Å². The number of hydrogen-bond donors (Lipinski definition) is 1. The van der Waals surface area contributed by atoms with Gasteiger partial charge in [0.2, 0.25) is 0 Å². The standard InChI is InChI=1S/C13H17BrClNO2/c1-3-16(4-2)12(8-13(17)18)10-6-5-9(14)7-11(10)15/h5-7,12H,3-4,8H2,1-2H3,(H,17,18). The molecule has 0 aliphatic heterocycles. The van der Waals surface area contributed by atoms with Gasteiger partial charge in [0.25, 0.3) is 0 Å². The molecule has 1 aromatic carbocycles. The molecule has 5 heteroatoms. The topological polar surface area (TPSA) is 40.5 Å². The van der Waals surface area contributed by atoms with Crippen molar-refractivity contribution in [2.45, 2.75) is 26.3 Å². The molecule has 0 saturated carbocycles. The Bertz CT molecular complexity index is 421. The number of carbonyl (C=O) groups is 1. The lowest BCUT2D eigenvalue weighted by molar-refractivity contribution is -0.138. The van der Waals surface area contributed by atoms with Crippen LogP contribution in [0.15, 0.2) is 22.7 Å². The van der Waals surface area contributed by atoms with Gasteiger partial charge in [-0.1, -0.05) is 47.4 Å². The highest BCUT2D eigenvalue weighted by molar-refractivity contribution is 9.10. The lowest BCUT2D eigenvalue weighted by Crippen LogP contribution is -2.30. The number of hydrogen-bond acceptors (Lipinski definition) is 2. The third-order valence-corrected chi connectivity index (χ3v) is 3.76. The summed E-state index contributed by atoms with van der Waals surface area (Å²) in [5, 5.41) is 9.65. The van der Waals surface area contributed by atoms with Crippen molar-refractivity contribution >= 4 is 33.5 Å². The molecule has 1 atom stereocenters. The van der Waals surface area contributed by atoms with Crippen molar-refractivity contribution in [3.8, 4) is 0 Å². The van der Waals surface area contributed by atoms with Crippen LogP contribution in [0.3, 0.4) is 0 Å². The predicted octanol–water partition coefficient (Wildman–Crippen LogP) is 3.96. The van der Waals surface area contributed by atoms with Crippen molar-refractivity contribution in [1.29, 1.82) is 0 Å². The predicted molar refractivity (Wildman–Crippen MR) is 77.1 cm³/mol. The number of halogens is 2. The van der Waals surface area contributed by atoms with E-state index in [1.54, 1.807) is 6.07 Å². The quantitative estimate of drug-likeness (QED) is 0.856. The SMILES string of the molecule is CCN(CC)C(CC(=O)O)c1ccc(Br)cc1Cl. The third-order valence-electron chi connectivity index (χ3n) is 2.94. The Balaban J connectivity index is 3.11. The van der Waals surface area contributed by atoms with Gasteiger partial charge >= 0.3 is 5.97 Å². The molecule has 0 heterocycles. The highest BCUT2D eigenvalue weighted by Gasteiger charge is 2.23. The van der Waals surface area contributed by atoms with E-state index < -0.39 is 5.97 Å². The minimum absolute atomic E-state index is 0.0586. The second-order valence-electron chi connectivity index (χ2n) is 4.00. The second-order valence-corrected chi connectivity index (χ2v) is 5.32. The van der Waals surface area contributed by atoms with Crippen molar-refractivity contribution in [1.82, 2.24) is 4.90 Å². The molecule has 0 spiro atoms. The molecule has 0 amide bonds. The van der Waals surface area contributed by atoms with Gasteiger partial charge in [0.1, 0.15) is 0 Å². The number of benzene rings is 1. The Kier molecular flexibility index (Phi) is 6.12. The van der Waals surface area contributed by atoms with Gasteiger partial charge in [0, 0.05) is 15.5 Å². The summed E-state index contributed by atoms with van der Waals surface area (Å²) in [4.78, 5) is 13.1. The molecule has 3 nitrogen and oxygen atoms in total. The summed E-state index contributed by atoms with van der Waals surface area (Å²) in [5.74, 6) is -0.814. The van der Waals surface area contributed by atoms with Crippen LogP contribution in [0.25, 0.3) is 0 Å². The molecule has 0 radical (unpaired) electrons. The van der Waals surface area contributed by atoms with Crippen LogP contribution in [-0.4, -0.2) is 29.1 Å². The van der Waals surface area contributed by atoms with Crippen molar-refractivity contribution in [2.75, 3.05) is 13.1 Å². The highest BCUT2D eigenvalue weighted by atomic mass is 79.9. The van der Waals surface area contributed by atoms with Crippen LogP contribution >= 0.6 is 27.5 Å². The number of carboxylic acid groups (broad SMARTS) is 1. The van der Waals surface area contributed by atoms with Crippen LogP contribution in [0.2, 0.25) is 5.02 Å². The van der Waals surface area contributed by atoms with Crippen molar-refractivity contribution in [2.24, 2.45) is 0 Å². The van der Waals surface area contributed by atoms with E-state index in [0.717, 1.165) is 23.1 Å². The Morgan fingerprint density at radius 3 is 2.50 bits per heavy atom. The van der Waals surface area contributed by atoms with Crippen molar-refractivity contribution in [3.05, 3.63) is 33.3 Å². The molecule has 18 heavy (non-hydrogen) atoms. The summed E-state index contributed by atoms with van der Waals surface area (Å²) >= 11 is 9.57. The number of carboxylic acids is 1. The fourth-order valence-corrected chi connectivity index (χ4v) is 2.84. The molecule has 0 aliphatic rings. The summed E-state index contributed by atoms with van der Waals surface area (Å²) in [6.07, 6.45) is 0.0586. The molecule has 1 unspecified atom stereocenters.